The molecule has 8 heteroatoms. The zero-order valence-electron chi connectivity index (χ0n) is 11.4. The second kappa shape index (κ2) is 5.41. The summed E-state index contributed by atoms with van der Waals surface area (Å²) in [6, 6.07) is 0. The van der Waals surface area contributed by atoms with Gasteiger partial charge in [0.15, 0.2) is 10.9 Å². The van der Waals surface area contributed by atoms with Crippen molar-refractivity contribution in [1.29, 1.82) is 0 Å². The van der Waals surface area contributed by atoms with Crippen molar-refractivity contribution in [2.75, 3.05) is 11.1 Å². The minimum atomic E-state index is -0.387. The second-order valence-corrected chi connectivity index (χ2v) is 5.09. The van der Waals surface area contributed by atoms with Crippen molar-refractivity contribution in [1.82, 2.24) is 14.8 Å². The van der Waals surface area contributed by atoms with Crippen LogP contribution < -0.4 is 11.1 Å². The average Bonchev–Trinajstić information content (AvgIpc) is 2.94. The van der Waals surface area contributed by atoms with Crippen LogP contribution in [0.15, 0.2) is 5.38 Å². The number of nitrogen functional groups attached to an aromatic ring is 1. The Morgan fingerprint density at radius 3 is 2.70 bits per heavy atom. The van der Waals surface area contributed by atoms with Gasteiger partial charge in [0.1, 0.15) is 11.4 Å². The van der Waals surface area contributed by atoms with Crippen LogP contribution in [0.4, 0.5) is 10.8 Å². The van der Waals surface area contributed by atoms with Crippen molar-refractivity contribution < 1.29 is 9.59 Å². The van der Waals surface area contributed by atoms with Crippen molar-refractivity contribution in [3.8, 4) is 0 Å². The number of aromatic nitrogens is 3. The van der Waals surface area contributed by atoms with Crippen LogP contribution in [0, 0.1) is 0 Å². The maximum Gasteiger partial charge on any atom is 0.277 e. The fourth-order valence-electron chi connectivity index (χ4n) is 1.78. The predicted molar refractivity (Wildman–Crippen MR) is 77.1 cm³/mol. The van der Waals surface area contributed by atoms with Crippen LogP contribution in [0.5, 0.6) is 0 Å². The molecule has 0 aliphatic heterocycles. The SMILES string of the molecule is CCc1nn(C)c(C(=O)Nc2nc(C(C)=O)cs2)c1N. The minimum Gasteiger partial charge on any atom is -0.395 e. The highest BCUT2D eigenvalue weighted by Gasteiger charge is 2.20. The number of nitrogens with one attached hydrogen (secondary N) is 1. The number of ketones is 1. The molecule has 1 amide bonds. The van der Waals surface area contributed by atoms with E-state index >= 15 is 0 Å². The maximum atomic E-state index is 12.2. The quantitative estimate of drug-likeness (QED) is 0.831. The standard InChI is InChI=1S/C12H15N5O2S/c1-4-7-9(13)10(17(3)16-7)11(19)15-12-14-8(5-20-12)6(2)18/h5H,4,13H2,1-3H3,(H,14,15,19). The van der Waals surface area contributed by atoms with Crippen LogP contribution in [-0.2, 0) is 13.5 Å². The summed E-state index contributed by atoms with van der Waals surface area (Å²) in [5.74, 6) is -0.531. The molecule has 3 N–H and O–H groups in total. The molecule has 0 spiro atoms. The largest absolute Gasteiger partial charge is 0.395 e. The topological polar surface area (TPSA) is 103 Å². The fourth-order valence-corrected chi connectivity index (χ4v) is 2.52. The molecule has 0 radical (unpaired) electrons. The number of hydrogen-bond acceptors (Lipinski definition) is 6. The van der Waals surface area contributed by atoms with Gasteiger partial charge in [0.2, 0.25) is 0 Å². The summed E-state index contributed by atoms with van der Waals surface area (Å²) in [7, 11) is 1.66. The molecule has 0 saturated heterocycles. The molecule has 0 saturated carbocycles. The highest BCUT2D eigenvalue weighted by molar-refractivity contribution is 7.14. The molecule has 0 fully saturated rings. The van der Waals surface area contributed by atoms with E-state index in [1.807, 2.05) is 6.92 Å². The second-order valence-electron chi connectivity index (χ2n) is 4.23. The van der Waals surface area contributed by atoms with E-state index in [1.54, 1.807) is 12.4 Å². The lowest BCUT2D eigenvalue weighted by Gasteiger charge is -2.03. The lowest BCUT2D eigenvalue weighted by atomic mass is 10.2. The molecular weight excluding hydrogens is 278 g/mol. The molecule has 2 aromatic rings. The minimum absolute atomic E-state index is 0.143. The van der Waals surface area contributed by atoms with Crippen molar-refractivity contribution in [2.24, 2.45) is 7.05 Å². The van der Waals surface area contributed by atoms with E-state index in [0.717, 1.165) is 0 Å². The number of carbonyl (C=O) groups is 2. The molecule has 0 unspecified atom stereocenters. The number of thiazole rings is 1. The van der Waals surface area contributed by atoms with Gasteiger partial charge >= 0.3 is 0 Å². The van der Waals surface area contributed by atoms with Gasteiger partial charge in [-0.2, -0.15) is 5.10 Å². The smallest absolute Gasteiger partial charge is 0.277 e. The van der Waals surface area contributed by atoms with Crippen LogP contribution >= 0.6 is 11.3 Å². The van der Waals surface area contributed by atoms with Crippen molar-refractivity contribution in [3.05, 3.63) is 22.5 Å². The Bertz CT molecular complexity index is 673. The molecule has 0 aliphatic carbocycles. The van der Waals surface area contributed by atoms with E-state index < -0.39 is 0 Å². The first-order chi connectivity index (χ1) is 9.43. The van der Waals surface area contributed by atoms with E-state index in [4.69, 9.17) is 5.73 Å². The zero-order valence-corrected chi connectivity index (χ0v) is 12.2. The molecule has 20 heavy (non-hydrogen) atoms. The predicted octanol–water partition coefficient (Wildman–Crippen LogP) is 1.48. The Labute approximate surface area is 119 Å². The number of aryl methyl sites for hydroxylation is 2. The summed E-state index contributed by atoms with van der Waals surface area (Å²) >= 11 is 1.19. The summed E-state index contributed by atoms with van der Waals surface area (Å²) < 4.78 is 1.45. The van der Waals surface area contributed by atoms with Gasteiger partial charge in [-0.05, 0) is 6.42 Å². The molecule has 0 bridgehead atoms. The number of amides is 1. The van der Waals surface area contributed by atoms with Gasteiger partial charge in [-0.3, -0.25) is 19.6 Å². The van der Waals surface area contributed by atoms with Crippen molar-refractivity contribution in [3.63, 3.8) is 0 Å². The van der Waals surface area contributed by atoms with E-state index in [-0.39, 0.29) is 11.7 Å². The molecule has 0 atom stereocenters. The molecule has 0 aliphatic rings. The van der Waals surface area contributed by atoms with E-state index in [2.05, 4.69) is 15.4 Å². The summed E-state index contributed by atoms with van der Waals surface area (Å²) in [5.41, 5.74) is 7.58. The normalized spacial score (nSPS) is 10.6. The summed E-state index contributed by atoms with van der Waals surface area (Å²) in [5, 5.41) is 8.77. The van der Waals surface area contributed by atoms with Crippen LogP contribution in [0.3, 0.4) is 0 Å². The first kappa shape index (κ1) is 14.2. The molecule has 2 aromatic heterocycles. The summed E-state index contributed by atoms with van der Waals surface area (Å²) in [6.45, 7) is 3.34. The maximum absolute atomic E-state index is 12.2. The Balaban J connectivity index is 2.23. The third kappa shape index (κ3) is 2.55. The molecule has 106 valence electrons. The number of hydrogen-bond donors (Lipinski definition) is 2. The van der Waals surface area contributed by atoms with Gasteiger partial charge in [0.25, 0.3) is 5.91 Å². The van der Waals surface area contributed by atoms with Crippen LogP contribution in [-0.4, -0.2) is 26.5 Å². The van der Waals surface area contributed by atoms with Crippen molar-refractivity contribution >= 4 is 33.8 Å². The third-order valence-corrected chi connectivity index (χ3v) is 3.55. The van der Waals surface area contributed by atoms with E-state index in [1.165, 1.54) is 22.9 Å². The highest BCUT2D eigenvalue weighted by Crippen LogP contribution is 2.20. The third-order valence-electron chi connectivity index (χ3n) is 2.80. The first-order valence-electron chi connectivity index (χ1n) is 6.03. The Kier molecular flexibility index (Phi) is 3.84. The Hall–Kier alpha value is -2.22. The molecule has 7 nitrogen and oxygen atoms in total. The van der Waals surface area contributed by atoms with Crippen LogP contribution in [0.1, 0.15) is 40.5 Å². The molecule has 2 rings (SSSR count). The molecular formula is C12H15N5O2S. The number of nitrogens with zero attached hydrogens (tertiary/aromatic N) is 3. The van der Waals surface area contributed by atoms with Crippen LogP contribution in [0.25, 0.3) is 0 Å². The van der Waals surface area contributed by atoms with Crippen molar-refractivity contribution in [2.45, 2.75) is 20.3 Å². The number of nitrogens with two attached hydrogens (primary N) is 1. The van der Waals surface area contributed by atoms with Gasteiger partial charge in [0, 0.05) is 19.4 Å². The Morgan fingerprint density at radius 2 is 2.20 bits per heavy atom. The van der Waals surface area contributed by atoms with Crippen LogP contribution in [0.2, 0.25) is 0 Å². The van der Waals surface area contributed by atoms with E-state index in [0.29, 0.717) is 34.3 Å². The average molecular weight is 293 g/mol. The summed E-state index contributed by atoms with van der Waals surface area (Å²) in [6.07, 6.45) is 0.651. The van der Waals surface area contributed by atoms with Gasteiger partial charge in [-0.1, -0.05) is 6.92 Å². The van der Waals surface area contributed by atoms with Gasteiger partial charge in [0.05, 0.1) is 11.4 Å². The fraction of sp³-hybridized carbons (Fsp3) is 0.333. The number of Topliss-reactive ketones (excluding diaryl/α,β-unsaturated/α-hetero) is 1. The number of carbonyl (C=O) groups excluding carboxylic acids is 2. The van der Waals surface area contributed by atoms with Gasteiger partial charge in [-0.15, -0.1) is 11.3 Å². The molecule has 2 heterocycles. The van der Waals surface area contributed by atoms with Gasteiger partial charge < -0.3 is 5.73 Å². The number of anilines is 2. The zero-order chi connectivity index (χ0) is 14.9. The lowest BCUT2D eigenvalue weighted by molar-refractivity contribution is 0.100. The van der Waals surface area contributed by atoms with E-state index in [9.17, 15) is 9.59 Å². The highest BCUT2D eigenvalue weighted by atomic mass is 32.1. The molecule has 0 aromatic carbocycles. The lowest BCUT2D eigenvalue weighted by Crippen LogP contribution is -2.17. The first-order valence-corrected chi connectivity index (χ1v) is 6.91. The van der Waals surface area contributed by atoms with Gasteiger partial charge in [-0.25, -0.2) is 4.98 Å². The number of rotatable bonds is 4. The monoisotopic (exact) mass is 293 g/mol. The summed E-state index contributed by atoms with van der Waals surface area (Å²) in [4.78, 5) is 27.4. The Morgan fingerprint density at radius 1 is 1.50 bits per heavy atom.